The summed E-state index contributed by atoms with van der Waals surface area (Å²) in [5.41, 5.74) is 0. The first kappa shape index (κ1) is 18.3. The summed E-state index contributed by atoms with van der Waals surface area (Å²) in [6.07, 6.45) is -3.78. The number of rotatable bonds is 8. The van der Waals surface area contributed by atoms with E-state index in [2.05, 4.69) is 15.9 Å². The molecule has 0 heterocycles. The second-order valence-corrected chi connectivity index (χ2v) is 4.85. The van der Waals surface area contributed by atoms with Gasteiger partial charge in [-0.05, 0) is 20.3 Å². The van der Waals surface area contributed by atoms with Gasteiger partial charge in [0.15, 0.2) is 0 Å². The van der Waals surface area contributed by atoms with Gasteiger partial charge in [0.1, 0.15) is 5.78 Å². The second-order valence-electron chi connectivity index (χ2n) is 4.29. The van der Waals surface area contributed by atoms with Gasteiger partial charge in [-0.25, -0.2) is 8.78 Å². The number of ketones is 1. The molecule has 0 spiro atoms. The maximum absolute atomic E-state index is 13.0. The number of amides is 1. The van der Waals surface area contributed by atoms with Crippen molar-refractivity contribution in [1.29, 1.82) is 0 Å². The number of hydrogen-bond acceptors (Lipinski definition) is 2. The summed E-state index contributed by atoms with van der Waals surface area (Å²) in [4.78, 5) is 23.1. The first-order valence-electron chi connectivity index (χ1n) is 5.69. The Labute approximate surface area is 117 Å². The Bertz CT molecular complexity index is 324. The highest BCUT2D eigenvalue weighted by molar-refractivity contribution is 9.09. The zero-order valence-corrected chi connectivity index (χ0v) is 12.2. The van der Waals surface area contributed by atoms with Gasteiger partial charge in [0.05, 0.1) is 5.33 Å². The van der Waals surface area contributed by atoms with Crippen LogP contribution in [0.2, 0.25) is 0 Å². The molecule has 0 aromatic carbocycles. The van der Waals surface area contributed by atoms with Gasteiger partial charge in [-0.15, -0.1) is 0 Å². The van der Waals surface area contributed by atoms with E-state index in [1.54, 1.807) is 0 Å². The summed E-state index contributed by atoms with van der Waals surface area (Å²) in [6.45, 7) is 2.75. The molecule has 0 rings (SSSR count). The Morgan fingerprint density at radius 2 is 1.79 bits per heavy atom. The Morgan fingerprint density at radius 3 is 2.16 bits per heavy atom. The van der Waals surface area contributed by atoms with Gasteiger partial charge in [0, 0.05) is 19.0 Å². The lowest BCUT2D eigenvalue weighted by Gasteiger charge is -2.30. The standard InChI is InChI=1S/C11H16BrF4NO2/c1-7(2)17(5-3-4-8(18)6-12)10(19)11(15,16)9(13)14/h7,9H,3-6H2,1-2H3. The van der Waals surface area contributed by atoms with E-state index in [0.29, 0.717) is 4.90 Å². The van der Waals surface area contributed by atoms with Crippen LogP contribution in [0.4, 0.5) is 17.6 Å². The van der Waals surface area contributed by atoms with E-state index < -0.39 is 24.3 Å². The summed E-state index contributed by atoms with van der Waals surface area (Å²) in [5, 5.41) is 0.135. The van der Waals surface area contributed by atoms with Crippen LogP contribution in [0.1, 0.15) is 26.7 Å². The fourth-order valence-corrected chi connectivity index (χ4v) is 1.67. The average Bonchev–Trinajstić information content (AvgIpc) is 2.32. The lowest BCUT2D eigenvalue weighted by atomic mass is 10.2. The van der Waals surface area contributed by atoms with Gasteiger partial charge in [-0.3, -0.25) is 9.59 Å². The molecule has 3 nitrogen and oxygen atoms in total. The molecular weight excluding hydrogens is 334 g/mol. The van der Waals surface area contributed by atoms with Crippen LogP contribution in [0.15, 0.2) is 0 Å². The van der Waals surface area contributed by atoms with Gasteiger partial charge in [-0.1, -0.05) is 15.9 Å². The number of Topliss-reactive ketones (excluding diaryl/α,β-unsaturated/α-hetero) is 1. The summed E-state index contributed by atoms with van der Waals surface area (Å²) in [7, 11) is 0. The van der Waals surface area contributed by atoms with Crippen molar-refractivity contribution in [1.82, 2.24) is 4.90 Å². The predicted molar refractivity (Wildman–Crippen MR) is 65.8 cm³/mol. The van der Waals surface area contributed by atoms with Crippen molar-refractivity contribution in [2.24, 2.45) is 0 Å². The van der Waals surface area contributed by atoms with Crippen LogP contribution in [0.5, 0.6) is 0 Å². The van der Waals surface area contributed by atoms with Crippen LogP contribution < -0.4 is 0 Å². The molecule has 19 heavy (non-hydrogen) atoms. The second kappa shape index (κ2) is 7.81. The molecule has 0 radical (unpaired) electrons. The Morgan fingerprint density at radius 1 is 1.26 bits per heavy atom. The molecular formula is C11H16BrF4NO2. The zero-order valence-electron chi connectivity index (χ0n) is 10.6. The van der Waals surface area contributed by atoms with Gasteiger partial charge in [0.25, 0.3) is 5.91 Å². The van der Waals surface area contributed by atoms with Crippen molar-refractivity contribution < 1.29 is 27.2 Å². The maximum atomic E-state index is 13.0. The van der Waals surface area contributed by atoms with Gasteiger partial charge >= 0.3 is 12.3 Å². The van der Waals surface area contributed by atoms with Crippen molar-refractivity contribution in [3.8, 4) is 0 Å². The highest BCUT2D eigenvalue weighted by atomic mass is 79.9. The molecule has 0 aromatic rings. The maximum Gasteiger partial charge on any atom is 0.383 e. The normalized spacial score (nSPS) is 12.1. The van der Waals surface area contributed by atoms with Crippen molar-refractivity contribution in [2.75, 3.05) is 11.9 Å². The van der Waals surface area contributed by atoms with Gasteiger partial charge in [0.2, 0.25) is 0 Å². The summed E-state index contributed by atoms with van der Waals surface area (Å²) < 4.78 is 50.2. The number of alkyl halides is 5. The van der Waals surface area contributed by atoms with Gasteiger partial charge in [-0.2, -0.15) is 8.78 Å². The van der Waals surface area contributed by atoms with E-state index in [9.17, 15) is 27.2 Å². The zero-order chi connectivity index (χ0) is 15.2. The van der Waals surface area contributed by atoms with E-state index in [1.807, 2.05) is 0 Å². The quantitative estimate of drug-likeness (QED) is 0.499. The number of hydrogen-bond donors (Lipinski definition) is 0. The van der Waals surface area contributed by atoms with Crippen LogP contribution in [0, 0.1) is 0 Å². The highest BCUT2D eigenvalue weighted by Crippen LogP contribution is 2.26. The molecule has 0 bridgehead atoms. The Hall–Kier alpha value is -0.660. The van der Waals surface area contributed by atoms with Crippen molar-refractivity contribution in [3.05, 3.63) is 0 Å². The summed E-state index contributed by atoms with van der Waals surface area (Å²) >= 11 is 2.94. The number of nitrogens with zero attached hydrogens (tertiary/aromatic N) is 1. The topological polar surface area (TPSA) is 37.4 Å². The molecule has 1 amide bonds. The molecule has 8 heteroatoms. The van der Waals surface area contributed by atoms with Crippen molar-refractivity contribution >= 4 is 27.6 Å². The first-order chi connectivity index (χ1) is 8.64. The van der Waals surface area contributed by atoms with Crippen LogP contribution in [-0.4, -0.2) is 46.9 Å². The Balaban J connectivity index is 4.66. The minimum absolute atomic E-state index is 0.0992. The van der Waals surface area contributed by atoms with Gasteiger partial charge < -0.3 is 4.90 Å². The highest BCUT2D eigenvalue weighted by Gasteiger charge is 2.51. The smallest absolute Gasteiger partial charge is 0.335 e. The van der Waals surface area contributed by atoms with E-state index in [-0.39, 0.29) is 30.5 Å². The number of carbonyl (C=O) groups is 2. The number of halogens is 5. The fraction of sp³-hybridized carbons (Fsp3) is 0.818. The molecule has 0 aliphatic rings. The molecule has 0 atom stereocenters. The monoisotopic (exact) mass is 349 g/mol. The lowest BCUT2D eigenvalue weighted by Crippen LogP contribution is -2.50. The summed E-state index contributed by atoms with van der Waals surface area (Å²) in [6, 6.07) is -0.642. The minimum Gasteiger partial charge on any atom is -0.335 e. The molecule has 0 unspecified atom stereocenters. The molecule has 0 saturated carbocycles. The van der Waals surface area contributed by atoms with E-state index in [1.165, 1.54) is 13.8 Å². The molecule has 0 aromatic heterocycles. The summed E-state index contributed by atoms with van der Waals surface area (Å²) in [5.74, 6) is -6.73. The lowest BCUT2D eigenvalue weighted by molar-refractivity contribution is -0.182. The molecule has 0 aliphatic carbocycles. The third-order valence-electron chi connectivity index (χ3n) is 2.45. The van der Waals surface area contributed by atoms with Crippen molar-refractivity contribution in [2.45, 2.75) is 45.1 Å². The number of carbonyl (C=O) groups excluding carboxylic acids is 2. The average molecular weight is 350 g/mol. The van der Waals surface area contributed by atoms with Crippen molar-refractivity contribution in [3.63, 3.8) is 0 Å². The van der Waals surface area contributed by atoms with Crippen LogP contribution in [-0.2, 0) is 9.59 Å². The predicted octanol–water partition coefficient (Wildman–Crippen LogP) is 2.87. The minimum atomic E-state index is -4.69. The third-order valence-corrected chi connectivity index (χ3v) is 3.07. The van der Waals surface area contributed by atoms with E-state index in [0.717, 1.165) is 0 Å². The Kier molecular flexibility index (Phi) is 7.54. The first-order valence-corrected chi connectivity index (χ1v) is 6.81. The molecule has 0 fully saturated rings. The molecule has 0 N–H and O–H groups in total. The molecule has 0 aliphatic heterocycles. The molecule has 112 valence electrons. The van der Waals surface area contributed by atoms with Crippen LogP contribution >= 0.6 is 15.9 Å². The third kappa shape index (κ3) is 5.46. The fourth-order valence-electron chi connectivity index (χ4n) is 1.39. The SMILES string of the molecule is CC(C)N(CCCC(=O)CBr)C(=O)C(F)(F)C(F)F. The van der Waals surface area contributed by atoms with Crippen LogP contribution in [0.3, 0.4) is 0 Å². The van der Waals surface area contributed by atoms with Crippen LogP contribution in [0.25, 0.3) is 0 Å². The molecule has 0 saturated heterocycles. The van der Waals surface area contributed by atoms with E-state index in [4.69, 9.17) is 0 Å². The largest absolute Gasteiger partial charge is 0.383 e. The van der Waals surface area contributed by atoms with E-state index >= 15 is 0 Å².